The smallest absolute Gasteiger partial charge is 0.0522 e. The van der Waals surface area contributed by atoms with E-state index in [1.54, 1.807) is 0 Å². The number of H-pyrrole nitrogens is 1. The second-order valence-corrected chi connectivity index (χ2v) is 2.72. The maximum atomic E-state index is 3.91. The van der Waals surface area contributed by atoms with Crippen LogP contribution in [0.3, 0.4) is 0 Å². The summed E-state index contributed by atoms with van der Waals surface area (Å²) in [5.74, 6) is 0.693. The Kier molecular flexibility index (Phi) is 1.43. The lowest BCUT2D eigenvalue weighted by molar-refractivity contribution is 0.764. The summed E-state index contributed by atoms with van der Waals surface area (Å²) in [5.41, 5.74) is 1.34. The van der Waals surface area contributed by atoms with E-state index >= 15 is 0 Å². The molecule has 0 bridgehead atoms. The first-order chi connectivity index (χ1) is 4.97. The molecule has 2 N–H and O–H groups in total. The van der Waals surface area contributed by atoms with Gasteiger partial charge in [-0.3, -0.25) is 5.10 Å². The number of hydrogen-bond acceptors (Lipinski definition) is 2. The molecule has 0 radical (unpaired) electrons. The largest absolute Gasteiger partial charge is 0.316 e. The highest BCUT2D eigenvalue weighted by Gasteiger charge is 2.16. The van der Waals surface area contributed by atoms with Gasteiger partial charge in [-0.2, -0.15) is 5.10 Å². The molecule has 1 atom stereocenters. The first kappa shape index (κ1) is 5.92. The van der Waals surface area contributed by atoms with Crippen molar-refractivity contribution in [2.75, 3.05) is 13.1 Å². The molecule has 2 heterocycles. The summed E-state index contributed by atoms with van der Waals surface area (Å²) in [6, 6.07) is 0. The predicted octanol–water partition coefficient (Wildman–Crippen LogP) is 0.487. The SMILES string of the molecule is c1n[nH]cc1[C@H]1CCNC1. The molecule has 3 nitrogen and oxygen atoms in total. The topological polar surface area (TPSA) is 40.7 Å². The molecular formula is C7H11N3. The first-order valence-corrected chi connectivity index (χ1v) is 3.66. The van der Waals surface area contributed by atoms with Crippen molar-refractivity contribution < 1.29 is 0 Å². The van der Waals surface area contributed by atoms with Crippen LogP contribution in [0.25, 0.3) is 0 Å². The quantitative estimate of drug-likeness (QED) is 0.591. The highest BCUT2D eigenvalue weighted by Crippen LogP contribution is 2.19. The second kappa shape index (κ2) is 2.42. The number of nitrogens with zero attached hydrogens (tertiary/aromatic N) is 1. The summed E-state index contributed by atoms with van der Waals surface area (Å²) in [5, 5.41) is 10.1. The van der Waals surface area contributed by atoms with Crippen LogP contribution >= 0.6 is 0 Å². The minimum absolute atomic E-state index is 0.693. The van der Waals surface area contributed by atoms with E-state index in [0.29, 0.717) is 5.92 Å². The Labute approximate surface area is 59.8 Å². The second-order valence-electron chi connectivity index (χ2n) is 2.72. The molecule has 2 rings (SSSR count). The van der Waals surface area contributed by atoms with E-state index in [9.17, 15) is 0 Å². The van der Waals surface area contributed by atoms with Crippen LogP contribution in [-0.4, -0.2) is 23.3 Å². The molecule has 1 aromatic heterocycles. The van der Waals surface area contributed by atoms with Crippen molar-refractivity contribution in [3.05, 3.63) is 18.0 Å². The van der Waals surface area contributed by atoms with Crippen molar-refractivity contribution in [2.45, 2.75) is 12.3 Å². The summed E-state index contributed by atoms with van der Waals surface area (Å²) in [6.45, 7) is 2.26. The lowest BCUT2D eigenvalue weighted by Gasteiger charge is -2.01. The van der Waals surface area contributed by atoms with Crippen LogP contribution in [0.4, 0.5) is 0 Å². The molecule has 1 aliphatic rings. The molecule has 1 saturated heterocycles. The van der Waals surface area contributed by atoms with Crippen LogP contribution in [0.1, 0.15) is 17.9 Å². The molecule has 0 saturated carbocycles. The van der Waals surface area contributed by atoms with Gasteiger partial charge in [0.15, 0.2) is 0 Å². The number of nitrogens with one attached hydrogen (secondary N) is 2. The van der Waals surface area contributed by atoms with Crippen LogP contribution in [0.15, 0.2) is 12.4 Å². The van der Waals surface area contributed by atoms with E-state index in [-0.39, 0.29) is 0 Å². The van der Waals surface area contributed by atoms with Crippen LogP contribution in [0.5, 0.6) is 0 Å². The van der Waals surface area contributed by atoms with Gasteiger partial charge in [0.25, 0.3) is 0 Å². The zero-order chi connectivity index (χ0) is 6.81. The maximum Gasteiger partial charge on any atom is 0.0522 e. The Balaban J connectivity index is 2.12. The number of rotatable bonds is 1. The Hall–Kier alpha value is -0.830. The normalized spacial score (nSPS) is 25.4. The van der Waals surface area contributed by atoms with Crippen molar-refractivity contribution in [2.24, 2.45) is 0 Å². The fraction of sp³-hybridized carbons (Fsp3) is 0.571. The van der Waals surface area contributed by atoms with Gasteiger partial charge < -0.3 is 5.32 Å². The van der Waals surface area contributed by atoms with Gasteiger partial charge in [0.2, 0.25) is 0 Å². The molecule has 0 spiro atoms. The third-order valence-corrected chi connectivity index (χ3v) is 2.05. The molecule has 0 unspecified atom stereocenters. The summed E-state index contributed by atoms with van der Waals surface area (Å²) in [4.78, 5) is 0. The van der Waals surface area contributed by atoms with E-state index in [0.717, 1.165) is 13.1 Å². The lowest BCUT2D eigenvalue weighted by atomic mass is 10.0. The van der Waals surface area contributed by atoms with Gasteiger partial charge in [-0.1, -0.05) is 0 Å². The molecule has 10 heavy (non-hydrogen) atoms. The Morgan fingerprint density at radius 1 is 1.60 bits per heavy atom. The van der Waals surface area contributed by atoms with Gasteiger partial charge in [-0.15, -0.1) is 0 Å². The molecule has 0 aliphatic carbocycles. The van der Waals surface area contributed by atoms with E-state index in [1.807, 2.05) is 12.4 Å². The molecule has 1 aliphatic heterocycles. The van der Waals surface area contributed by atoms with Crippen LogP contribution in [0, 0.1) is 0 Å². The fourth-order valence-corrected chi connectivity index (χ4v) is 1.42. The summed E-state index contributed by atoms with van der Waals surface area (Å²) < 4.78 is 0. The monoisotopic (exact) mass is 137 g/mol. The van der Waals surface area contributed by atoms with Crippen molar-refractivity contribution in [3.63, 3.8) is 0 Å². The molecular weight excluding hydrogens is 126 g/mol. The van der Waals surface area contributed by atoms with Crippen molar-refractivity contribution in [1.82, 2.24) is 15.5 Å². The van der Waals surface area contributed by atoms with Crippen molar-refractivity contribution in [1.29, 1.82) is 0 Å². The van der Waals surface area contributed by atoms with E-state index in [4.69, 9.17) is 0 Å². The fourth-order valence-electron chi connectivity index (χ4n) is 1.42. The molecule has 1 fully saturated rings. The van der Waals surface area contributed by atoms with Crippen LogP contribution in [0.2, 0.25) is 0 Å². The van der Waals surface area contributed by atoms with E-state index in [2.05, 4.69) is 15.5 Å². The molecule has 54 valence electrons. The molecule has 3 heteroatoms. The van der Waals surface area contributed by atoms with E-state index < -0.39 is 0 Å². The van der Waals surface area contributed by atoms with Gasteiger partial charge in [-0.25, -0.2) is 0 Å². The Bertz CT molecular complexity index is 187. The zero-order valence-electron chi connectivity index (χ0n) is 5.80. The van der Waals surface area contributed by atoms with Gasteiger partial charge in [-0.05, 0) is 18.5 Å². The molecule has 0 aromatic carbocycles. The van der Waals surface area contributed by atoms with E-state index in [1.165, 1.54) is 12.0 Å². The zero-order valence-corrected chi connectivity index (χ0v) is 5.80. The lowest BCUT2D eigenvalue weighted by Crippen LogP contribution is -2.07. The maximum absolute atomic E-state index is 3.91. The number of aromatic amines is 1. The summed E-state index contributed by atoms with van der Waals surface area (Å²) in [6.07, 6.45) is 5.15. The third-order valence-electron chi connectivity index (χ3n) is 2.05. The van der Waals surface area contributed by atoms with Crippen molar-refractivity contribution in [3.8, 4) is 0 Å². The molecule has 1 aromatic rings. The Morgan fingerprint density at radius 3 is 3.20 bits per heavy atom. The standard InChI is InChI=1S/C7H11N3/c1-2-8-3-6(1)7-4-9-10-5-7/h4-6,8H,1-3H2,(H,9,10)/t6-/m0/s1. The van der Waals surface area contributed by atoms with Gasteiger partial charge in [0, 0.05) is 18.7 Å². The third kappa shape index (κ3) is 0.926. The predicted molar refractivity (Wildman–Crippen MR) is 38.8 cm³/mol. The van der Waals surface area contributed by atoms with Gasteiger partial charge in [0.05, 0.1) is 6.20 Å². The molecule has 0 amide bonds. The van der Waals surface area contributed by atoms with Crippen LogP contribution < -0.4 is 5.32 Å². The van der Waals surface area contributed by atoms with Gasteiger partial charge in [0.1, 0.15) is 0 Å². The van der Waals surface area contributed by atoms with Crippen LogP contribution in [-0.2, 0) is 0 Å². The highest BCUT2D eigenvalue weighted by atomic mass is 15.1. The summed E-state index contributed by atoms with van der Waals surface area (Å²) in [7, 11) is 0. The first-order valence-electron chi connectivity index (χ1n) is 3.66. The minimum atomic E-state index is 0.693. The average Bonchev–Trinajstić information content (AvgIpc) is 2.59. The average molecular weight is 137 g/mol. The van der Waals surface area contributed by atoms with Gasteiger partial charge >= 0.3 is 0 Å². The number of aromatic nitrogens is 2. The summed E-state index contributed by atoms with van der Waals surface area (Å²) >= 11 is 0. The Morgan fingerprint density at radius 2 is 2.60 bits per heavy atom. The van der Waals surface area contributed by atoms with Crippen molar-refractivity contribution >= 4 is 0 Å². The minimum Gasteiger partial charge on any atom is -0.316 e. The highest BCUT2D eigenvalue weighted by molar-refractivity contribution is 5.12. The number of hydrogen-bond donors (Lipinski definition) is 2.